The molecule has 0 fully saturated rings. The first-order chi connectivity index (χ1) is 13.0. The number of hydroxylamine groups is 1. The third-order valence-electron chi connectivity index (χ3n) is 4.86. The molecule has 148 valence electrons. The Hall–Kier alpha value is -2.18. The number of imidazole rings is 1. The molecule has 0 aliphatic carbocycles. The van der Waals surface area contributed by atoms with Crippen molar-refractivity contribution < 1.29 is 10.0 Å². The van der Waals surface area contributed by atoms with Crippen molar-refractivity contribution in [1.29, 1.82) is 0 Å². The summed E-state index contributed by atoms with van der Waals surface area (Å²) in [5, 5.41) is 8.60. The Labute approximate surface area is 161 Å². The zero-order valence-corrected chi connectivity index (χ0v) is 16.9. The molecule has 0 saturated heterocycles. The van der Waals surface area contributed by atoms with Gasteiger partial charge in [0.25, 0.3) is 5.91 Å². The van der Waals surface area contributed by atoms with Crippen molar-refractivity contribution in [3.8, 4) is 0 Å². The molecule has 1 aromatic carbocycles. The number of benzene rings is 1. The second-order valence-corrected chi connectivity index (χ2v) is 7.20. The quantitative estimate of drug-likeness (QED) is 0.380. The van der Waals surface area contributed by atoms with Gasteiger partial charge >= 0.3 is 0 Å². The van der Waals surface area contributed by atoms with Crippen LogP contribution in [0.1, 0.15) is 45.5 Å². The lowest BCUT2D eigenvalue weighted by atomic mass is 10.1. The molecule has 6 heteroatoms. The number of likely N-dealkylation sites (N-methyl/N-ethyl adjacent to an activating group) is 1. The maximum Gasteiger partial charge on any atom is 0.267 e. The van der Waals surface area contributed by atoms with Crippen molar-refractivity contribution in [2.75, 3.05) is 19.6 Å². The molecule has 0 saturated carbocycles. The number of hydrogen-bond donors (Lipinski definition) is 2. The van der Waals surface area contributed by atoms with Crippen LogP contribution in [0, 0.1) is 5.92 Å². The van der Waals surface area contributed by atoms with E-state index in [4.69, 9.17) is 10.2 Å². The van der Waals surface area contributed by atoms with E-state index in [-0.39, 0.29) is 0 Å². The molecule has 0 bridgehead atoms. The number of carbonyl (C=O) groups is 1. The summed E-state index contributed by atoms with van der Waals surface area (Å²) in [5.74, 6) is 1.21. The summed E-state index contributed by atoms with van der Waals surface area (Å²) in [4.78, 5) is 18.5. The average Bonchev–Trinajstić information content (AvgIpc) is 3.01. The standard InChI is InChI=1S/C21H32N4O2/c1-5-24(6-2)13-12-20-22-18-15-17(8-10-21(26)23-27)7-9-19(18)25(20)14-11-16(3)4/h7-10,15-16,27H,5-6,11-14H2,1-4H3,(H,23,26)/b10-8+. The van der Waals surface area contributed by atoms with Crippen molar-refractivity contribution in [2.45, 2.75) is 47.1 Å². The SMILES string of the molecule is CCN(CC)CCc1nc2cc(/C=C/C(=O)NO)ccc2n1CCC(C)C. The van der Waals surface area contributed by atoms with Crippen LogP contribution in [0.5, 0.6) is 0 Å². The number of amides is 1. The monoisotopic (exact) mass is 372 g/mol. The molecular formula is C21H32N4O2. The van der Waals surface area contributed by atoms with E-state index in [2.05, 4.69) is 43.2 Å². The van der Waals surface area contributed by atoms with Gasteiger partial charge in [0, 0.05) is 25.6 Å². The van der Waals surface area contributed by atoms with E-state index in [9.17, 15) is 4.79 Å². The number of aromatic nitrogens is 2. The van der Waals surface area contributed by atoms with Crippen LogP contribution in [-0.4, -0.2) is 45.2 Å². The van der Waals surface area contributed by atoms with Crippen molar-refractivity contribution in [2.24, 2.45) is 5.92 Å². The van der Waals surface area contributed by atoms with E-state index in [1.807, 2.05) is 12.1 Å². The third kappa shape index (κ3) is 5.91. The number of fused-ring (bicyclic) bond motifs is 1. The minimum Gasteiger partial charge on any atom is -0.328 e. The Morgan fingerprint density at radius 2 is 2.07 bits per heavy atom. The predicted octanol–water partition coefficient (Wildman–Crippen LogP) is 3.49. The molecular weight excluding hydrogens is 340 g/mol. The second kappa shape index (κ2) is 10.2. The molecule has 0 aliphatic heterocycles. The minimum absolute atomic E-state index is 0.544. The maximum absolute atomic E-state index is 11.2. The van der Waals surface area contributed by atoms with Gasteiger partial charge in [-0.05, 0) is 49.2 Å². The van der Waals surface area contributed by atoms with Crippen LogP contribution in [0.3, 0.4) is 0 Å². The van der Waals surface area contributed by atoms with Crippen LogP contribution in [0.4, 0.5) is 0 Å². The summed E-state index contributed by atoms with van der Waals surface area (Å²) < 4.78 is 2.34. The van der Waals surface area contributed by atoms with E-state index in [0.717, 1.165) is 61.4 Å². The summed E-state index contributed by atoms with van der Waals surface area (Å²) in [6.45, 7) is 12.9. The minimum atomic E-state index is -0.544. The van der Waals surface area contributed by atoms with Gasteiger partial charge in [0.15, 0.2) is 0 Å². The van der Waals surface area contributed by atoms with Crippen LogP contribution < -0.4 is 5.48 Å². The van der Waals surface area contributed by atoms with Gasteiger partial charge < -0.3 is 9.47 Å². The zero-order valence-electron chi connectivity index (χ0n) is 16.9. The fourth-order valence-electron chi connectivity index (χ4n) is 3.14. The van der Waals surface area contributed by atoms with E-state index in [0.29, 0.717) is 5.92 Å². The largest absolute Gasteiger partial charge is 0.328 e. The molecule has 0 unspecified atom stereocenters. The Kier molecular flexibility index (Phi) is 8.00. The first-order valence-electron chi connectivity index (χ1n) is 9.82. The molecule has 0 aliphatic rings. The van der Waals surface area contributed by atoms with Crippen LogP contribution in [0.15, 0.2) is 24.3 Å². The molecule has 2 aromatic rings. The van der Waals surface area contributed by atoms with E-state index >= 15 is 0 Å². The number of nitrogens with zero attached hydrogens (tertiary/aromatic N) is 3. The Morgan fingerprint density at radius 3 is 2.70 bits per heavy atom. The van der Waals surface area contributed by atoms with Crippen LogP contribution in [-0.2, 0) is 17.8 Å². The summed E-state index contributed by atoms with van der Waals surface area (Å²) in [6, 6.07) is 6.04. The number of hydrogen-bond acceptors (Lipinski definition) is 4. The smallest absolute Gasteiger partial charge is 0.267 e. The van der Waals surface area contributed by atoms with E-state index < -0.39 is 5.91 Å². The maximum atomic E-state index is 11.2. The lowest BCUT2D eigenvalue weighted by molar-refractivity contribution is -0.124. The summed E-state index contributed by atoms with van der Waals surface area (Å²) >= 11 is 0. The highest BCUT2D eigenvalue weighted by Crippen LogP contribution is 2.21. The molecule has 0 spiro atoms. The number of carbonyl (C=O) groups excluding carboxylic acids is 1. The highest BCUT2D eigenvalue weighted by Gasteiger charge is 2.12. The Balaban J connectivity index is 2.32. The fourth-order valence-corrected chi connectivity index (χ4v) is 3.14. The number of nitrogens with one attached hydrogen (secondary N) is 1. The second-order valence-electron chi connectivity index (χ2n) is 7.20. The molecule has 0 radical (unpaired) electrons. The Bertz CT molecular complexity index is 776. The number of rotatable bonds is 10. The lowest BCUT2D eigenvalue weighted by Crippen LogP contribution is -2.26. The topological polar surface area (TPSA) is 70.4 Å². The van der Waals surface area contributed by atoms with Crippen molar-refractivity contribution >= 4 is 23.0 Å². The summed E-state index contributed by atoms with van der Waals surface area (Å²) in [7, 11) is 0. The van der Waals surface area contributed by atoms with E-state index in [1.54, 1.807) is 11.6 Å². The normalized spacial score (nSPS) is 12.0. The van der Waals surface area contributed by atoms with Gasteiger partial charge in [0.2, 0.25) is 0 Å². The highest BCUT2D eigenvalue weighted by atomic mass is 16.5. The van der Waals surface area contributed by atoms with Gasteiger partial charge in [-0.25, -0.2) is 10.5 Å². The van der Waals surface area contributed by atoms with Gasteiger partial charge in [-0.3, -0.25) is 10.0 Å². The van der Waals surface area contributed by atoms with Crippen LogP contribution >= 0.6 is 0 Å². The molecule has 2 N–H and O–H groups in total. The van der Waals surface area contributed by atoms with E-state index in [1.165, 1.54) is 6.08 Å². The predicted molar refractivity (Wildman–Crippen MR) is 110 cm³/mol. The van der Waals surface area contributed by atoms with Gasteiger partial charge in [0.05, 0.1) is 11.0 Å². The van der Waals surface area contributed by atoms with Gasteiger partial charge in [-0.1, -0.05) is 33.8 Å². The molecule has 6 nitrogen and oxygen atoms in total. The molecule has 1 heterocycles. The zero-order chi connectivity index (χ0) is 19.8. The average molecular weight is 373 g/mol. The molecule has 27 heavy (non-hydrogen) atoms. The number of aryl methyl sites for hydroxylation is 1. The highest BCUT2D eigenvalue weighted by molar-refractivity contribution is 5.91. The lowest BCUT2D eigenvalue weighted by Gasteiger charge is -2.18. The summed E-state index contributed by atoms with van der Waals surface area (Å²) in [5.41, 5.74) is 4.56. The summed E-state index contributed by atoms with van der Waals surface area (Å²) in [6.07, 6.45) is 5.01. The van der Waals surface area contributed by atoms with Crippen molar-refractivity contribution in [3.05, 3.63) is 35.7 Å². The van der Waals surface area contributed by atoms with Gasteiger partial charge in [-0.15, -0.1) is 0 Å². The van der Waals surface area contributed by atoms with Crippen LogP contribution in [0.25, 0.3) is 17.1 Å². The molecule has 1 aromatic heterocycles. The van der Waals surface area contributed by atoms with Gasteiger partial charge in [-0.2, -0.15) is 0 Å². The van der Waals surface area contributed by atoms with Gasteiger partial charge in [0.1, 0.15) is 5.82 Å². The molecule has 2 rings (SSSR count). The fraction of sp³-hybridized carbons (Fsp3) is 0.524. The van der Waals surface area contributed by atoms with Crippen molar-refractivity contribution in [3.63, 3.8) is 0 Å². The first kappa shape index (κ1) is 21.1. The third-order valence-corrected chi connectivity index (χ3v) is 4.86. The van der Waals surface area contributed by atoms with Crippen molar-refractivity contribution in [1.82, 2.24) is 19.9 Å². The van der Waals surface area contributed by atoms with Crippen LogP contribution in [0.2, 0.25) is 0 Å². The Morgan fingerprint density at radius 1 is 1.33 bits per heavy atom. The molecule has 1 amide bonds. The molecule has 0 atom stereocenters. The first-order valence-corrected chi connectivity index (χ1v) is 9.82.